The molecule has 0 fully saturated rings. The molecular formula is C14H34N2O7. The monoisotopic (exact) mass is 346 g/mol. The smallest absolute Gasteiger partial charge is 0.334 e. The Bertz CT molecular complexity index is 338. The summed E-state index contributed by atoms with van der Waals surface area (Å²) in [5, 5.41) is 21.8. The fourth-order valence-corrected chi connectivity index (χ4v) is 1.07. The molecule has 9 heteroatoms. The molecule has 0 radical (unpaired) electrons. The van der Waals surface area contributed by atoms with Gasteiger partial charge in [-0.1, -0.05) is 14.9 Å². The van der Waals surface area contributed by atoms with E-state index >= 15 is 0 Å². The minimum absolute atomic E-state index is 0. The molecule has 23 heavy (non-hydrogen) atoms. The van der Waals surface area contributed by atoms with Crippen LogP contribution in [0.25, 0.3) is 2.86 Å². The summed E-state index contributed by atoms with van der Waals surface area (Å²) in [6.07, 6.45) is -2.08. The molecule has 0 saturated heterocycles. The maximum absolute atomic E-state index is 11.0. The molecule has 0 aliphatic heterocycles. The number of ether oxygens (including phenoxy) is 2. The van der Waals surface area contributed by atoms with E-state index in [2.05, 4.69) is 25.6 Å². The van der Waals surface area contributed by atoms with Crippen molar-refractivity contribution < 1.29 is 34.4 Å². The lowest BCUT2D eigenvalue weighted by molar-refractivity contribution is -0.161. The van der Waals surface area contributed by atoms with Crippen molar-refractivity contribution in [1.29, 1.82) is 2.86 Å². The lowest BCUT2D eigenvalue weighted by atomic mass is 10.2. The highest BCUT2D eigenvalue weighted by molar-refractivity contribution is 5.73. The molecule has 0 aliphatic carbocycles. The third-order valence-electron chi connectivity index (χ3n) is 2.68. The molecule has 0 aromatic carbocycles. The zero-order chi connectivity index (χ0) is 18.4. The molecule has 9 nitrogen and oxygen atoms in total. The number of carbonyl (C=O) groups is 2. The lowest BCUT2D eigenvalue weighted by Crippen LogP contribution is -2.42. The first-order valence-corrected chi connectivity index (χ1v) is 6.27. The molecule has 0 amide bonds. The van der Waals surface area contributed by atoms with Gasteiger partial charge in [-0.15, -0.1) is 0 Å². The van der Waals surface area contributed by atoms with Gasteiger partial charge < -0.3 is 35.4 Å². The van der Waals surface area contributed by atoms with E-state index in [9.17, 15) is 9.59 Å². The van der Waals surface area contributed by atoms with Crippen LogP contribution in [0.15, 0.2) is 0 Å². The Balaban J connectivity index is -0.000000168. The largest absolute Gasteiger partial charge is 0.479 e. The van der Waals surface area contributed by atoms with Crippen molar-refractivity contribution >= 4 is 11.9 Å². The first-order valence-electron chi connectivity index (χ1n) is 7.09. The van der Waals surface area contributed by atoms with Crippen LogP contribution in [0.3, 0.4) is 0 Å². The highest BCUT2D eigenvalue weighted by atomic mass is 16.7. The predicted molar refractivity (Wildman–Crippen MR) is 88.5 cm³/mol. The van der Waals surface area contributed by atoms with E-state index in [1.54, 1.807) is 27.9 Å². The molecule has 5 N–H and O–H groups in total. The molecule has 0 aromatic rings. The summed E-state index contributed by atoms with van der Waals surface area (Å²) < 4.78 is 22.3. The summed E-state index contributed by atoms with van der Waals surface area (Å²) in [5.74, 6) is -1.68. The van der Waals surface area contributed by atoms with Crippen molar-refractivity contribution in [2.75, 3.05) is 28.0 Å². The van der Waals surface area contributed by atoms with Gasteiger partial charge in [0.1, 0.15) is 6.79 Å². The highest BCUT2D eigenvalue weighted by Gasteiger charge is 2.23. The van der Waals surface area contributed by atoms with E-state index in [-0.39, 0.29) is 27.7 Å². The maximum Gasteiger partial charge on any atom is 0.334 e. The number of carboxylic acids is 2. The Morgan fingerprint density at radius 1 is 1.09 bits per heavy atom. The van der Waals surface area contributed by atoms with Gasteiger partial charge in [0.2, 0.25) is 0 Å². The van der Waals surface area contributed by atoms with Crippen LogP contribution in [-0.4, -0.2) is 79.6 Å². The Hall–Kier alpha value is -1.26. The van der Waals surface area contributed by atoms with Crippen molar-refractivity contribution in [3.63, 3.8) is 0 Å². The van der Waals surface area contributed by atoms with Crippen molar-refractivity contribution in [3.05, 3.63) is 0 Å². The molecule has 0 spiro atoms. The van der Waals surface area contributed by atoms with Gasteiger partial charge in [-0.05, 0) is 27.9 Å². The van der Waals surface area contributed by atoms with Crippen molar-refractivity contribution in [1.82, 2.24) is 10.6 Å². The minimum atomic E-state index is -1.26. The van der Waals surface area contributed by atoms with Gasteiger partial charge in [-0.2, -0.15) is 0 Å². The maximum atomic E-state index is 11.0. The zero-order valence-electron chi connectivity index (χ0n) is 14.9. The van der Waals surface area contributed by atoms with Crippen molar-refractivity contribution in [2.24, 2.45) is 0 Å². The first kappa shape index (κ1) is 24.0. The SMILES string of the molecule is C.C.[3H]OC(=O)C(O)C(C)NC.[3H]OC(=O)C(OCOC)C(C)NC. The molecule has 4 atom stereocenters. The fourth-order valence-electron chi connectivity index (χ4n) is 1.07. The third kappa shape index (κ3) is 14.1. The Labute approximate surface area is 142 Å². The Morgan fingerprint density at radius 3 is 1.91 bits per heavy atom. The number of likely N-dealkylation sites (N-methyl/N-ethyl adjacent to an activating group) is 2. The van der Waals surface area contributed by atoms with Gasteiger partial charge in [0.25, 0.3) is 2.86 Å². The first-order chi connectivity index (χ1) is 10.8. The molecule has 0 saturated carbocycles. The average Bonchev–Trinajstić information content (AvgIpc) is 2.59. The van der Waals surface area contributed by atoms with Gasteiger partial charge in [-0.25, -0.2) is 9.59 Å². The van der Waals surface area contributed by atoms with E-state index in [1.165, 1.54) is 7.11 Å². The van der Waals surface area contributed by atoms with Crippen LogP contribution in [0.4, 0.5) is 0 Å². The minimum Gasteiger partial charge on any atom is -0.479 e. The molecule has 0 heterocycles. The molecule has 0 bridgehead atoms. The van der Waals surface area contributed by atoms with E-state index in [1.807, 2.05) is 0 Å². The summed E-state index contributed by atoms with van der Waals surface area (Å²) in [6, 6.07) is -0.620. The summed E-state index contributed by atoms with van der Waals surface area (Å²) >= 11 is 0. The quantitative estimate of drug-likeness (QED) is 0.365. The number of rotatable bonds is 9. The number of nitrogens with one attached hydrogen (secondary N) is 2. The normalized spacial score (nSPS) is 15.6. The average molecular weight is 346 g/mol. The van der Waals surface area contributed by atoms with Crippen LogP contribution in [0.1, 0.15) is 28.7 Å². The van der Waals surface area contributed by atoms with Gasteiger partial charge in [0.05, 0.1) is 0 Å². The predicted octanol–water partition coefficient (Wildman–Crippen LogP) is -0.0200. The second kappa shape index (κ2) is 17.1. The van der Waals surface area contributed by atoms with E-state index in [4.69, 9.17) is 12.7 Å². The van der Waals surface area contributed by atoms with Gasteiger partial charge in [-0.3, -0.25) is 0 Å². The molecule has 0 rings (SSSR count). The zero-order valence-corrected chi connectivity index (χ0v) is 12.9. The molecule has 0 aromatic heterocycles. The summed E-state index contributed by atoms with van der Waals surface area (Å²) in [7, 11) is 4.74. The van der Waals surface area contributed by atoms with Gasteiger partial charge >= 0.3 is 11.9 Å². The molecule has 0 aliphatic rings. The van der Waals surface area contributed by atoms with Crippen LogP contribution in [0.5, 0.6) is 0 Å². The number of hydrogen-bond acceptors (Lipinski definition) is 9. The van der Waals surface area contributed by atoms with Crippen LogP contribution in [0, 0.1) is 0 Å². The second-order valence-corrected chi connectivity index (χ2v) is 4.23. The third-order valence-corrected chi connectivity index (χ3v) is 2.68. The number of aliphatic hydroxyl groups excluding tert-OH is 1. The van der Waals surface area contributed by atoms with E-state index in [0.717, 1.165) is 0 Å². The Kier molecular flexibility index (Phi) is 17.8. The number of aliphatic carboxylic acids is 2. The van der Waals surface area contributed by atoms with Crippen LogP contribution >= 0.6 is 0 Å². The van der Waals surface area contributed by atoms with Gasteiger partial charge in [0.15, 0.2) is 12.2 Å². The highest BCUT2D eigenvalue weighted by Crippen LogP contribution is 1.99. The van der Waals surface area contributed by atoms with Crippen LogP contribution in [-0.2, 0) is 19.1 Å². The lowest BCUT2D eigenvalue weighted by Gasteiger charge is -2.19. The topological polar surface area (TPSA) is 137 Å². The number of carboxylic acid groups (broad SMARTS) is 2. The summed E-state index contributed by atoms with van der Waals surface area (Å²) in [5.41, 5.74) is 0. The molecule has 142 valence electrons. The van der Waals surface area contributed by atoms with Gasteiger partial charge in [0, 0.05) is 19.2 Å². The van der Waals surface area contributed by atoms with Crippen LogP contribution < -0.4 is 10.6 Å². The molecule has 4 unspecified atom stereocenters. The van der Waals surface area contributed by atoms with E-state index in [0.29, 0.717) is 0 Å². The standard InChI is InChI=1S/C7H15NO4.C5H11NO3.2CH4/c1-5(8-2)6(7(9)10)12-4-11-3;1-3(6-2)4(7)5(8)9;;/h5-6,8H,4H2,1-3H3,(H,9,10);3-4,6-7H,1-2H3,(H,8,9);2*1H4/i/hT2. The second-order valence-electron chi connectivity index (χ2n) is 4.23. The number of methoxy groups -OCH3 is 1. The van der Waals surface area contributed by atoms with Crippen molar-refractivity contribution in [3.8, 4) is 0 Å². The van der Waals surface area contributed by atoms with Crippen molar-refractivity contribution in [2.45, 2.75) is 53.0 Å². The summed E-state index contributed by atoms with van der Waals surface area (Å²) in [6.45, 7) is 3.35. The fraction of sp³-hybridized carbons (Fsp3) is 0.857. The summed E-state index contributed by atoms with van der Waals surface area (Å²) in [4.78, 5) is 21.4. The molecular weight excluding hydrogens is 308 g/mol. The Morgan fingerprint density at radius 2 is 1.57 bits per heavy atom. The van der Waals surface area contributed by atoms with E-state index < -0.39 is 30.2 Å². The van der Waals surface area contributed by atoms with Crippen LogP contribution in [0.2, 0.25) is 0 Å². The number of aliphatic hydroxyl groups is 1. The number of hydrogen-bond donors (Lipinski definition) is 5.